The smallest absolute Gasteiger partial charge is 0.269 e. The van der Waals surface area contributed by atoms with Crippen molar-refractivity contribution in [3.05, 3.63) is 69.5 Å². The average Bonchev–Trinajstić information content (AvgIpc) is 2.89. The third-order valence-corrected chi connectivity index (χ3v) is 3.77. The van der Waals surface area contributed by atoms with Gasteiger partial charge in [0.15, 0.2) is 0 Å². The van der Waals surface area contributed by atoms with Crippen molar-refractivity contribution in [3.8, 4) is 0 Å². The number of non-ortho nitro benzene ring substituents is 1. The highest BCUT2D eigenvalue weighted by atomic mass is 16.6. The highest BCUT2D eigenvalue weighted by Crippen LogP contribution is 2.26. The lowest BCUT2D eigenvalue weighted by Gasteiger charge is -2.11. The lowest BCUT2D eigenvalue weighted by Crippen LogP contribution is -2.36. The van der Waals surface area contributed by atoms with E-state index in [0.717, 1.165) is 16.8 Å². The Hall–Kier alpha value is -2.76. The summed E-state index contributed by atoms with van der Waals surface area (Å²) < 4.78 is 0. The average molecular weight is 297 g/mol. The van der Waals surface area contributed by atoms with Crippen molar-refractivity contribution in [1.29, 1.82) is 0 Å². The quantitative estimate of drug-likeness (QED) is 0.689. The van der Waals surface area contributed by atoms with Crippen molar-refractivity contribution < 1.29 is 9.72 Å². The Bertz CT molecular complexity index is 716. The first-order chi connectivity index (χ1) is 10.6. The van der Waals surface area contributed by atoms with Gasteiger partial charge in [0.25, 0.3) is 5.69 Å². The molecule has 22 heavy (non-hydrogen) atoms. The van der Waals surface area contributed by atoms with Crippen LogP contribution in [0.1, 0.15) is 16.8 Å². The van der Waals surface area contributed by atoms with E-state index in [1.54, 1.807) is 18.3 Å². The molecule has 1 aliphatic rings. The van der Waals surface area contributed by atoms with E-state index in [9.17, 15) is 14.9 Å². The molecule has 0 aliphatic heterocycles. The molecule has 0 saturated carbocycles. The molecule has 0 spiro atoms. The van der Waals surface area contributed by atoms with Gasteiger partial charge in [-0.2, -0.15) is 0 Å². The van der Waals surface area contributed by atoms with Crippen LogP contribution < -0.4 is 5.32 Å². The number of nitro groups is 1. The van der Waals surface area contributed by atoms with Gasteiger partial charge in [0, 0.05) is 30.1 Å². The van der Waals surface area contributed by atoms with Crippen LogP contribution in [0.3, 0.4) is 0 Å². The summed E-state index contributed by atoms with van der Waals surface area (Å²) in [5.74, 6) is -0.0778. The van der Waals surface area contributed by atoms with E-state index in [1.165, 1.54) is 6.07 Å². The highest BCUT2D eigenvalue weighted by Gasteiger charge is 2.24. The molecule has 1 N–H and O–H groups in total. The fourth-order valence-electron chi connectivity index (χ4n) is 2.77. The van der Waals surface area contributed by atoms with Gasteiger partial charge in [0.1, 0.15) is 0 Å². The van der Waals surface area contributed by atoms with E-state index in [0.29, 0.717) is 12.8 Å². The first kappa shape index (κ1) is 14.2. The second-order valence-electron chi connectivity index (χ2n) is 5.38. The summed E-state index contributed by atoms with van der Waals surface area (Å²) in [6.07, 6.45) is 3.24. The minimum Gasteiger partial charge on any atom is -0.352 e. The van der Waals surface area contributed by atoms with Crippen LogP contribution >= 0.6 is 0 Å². The molecule has 6 heteroatoms. The fraction of sp³-hybridized carbons (Fsp3) is 0.250. The Morgan fingerprint density at radius 1 is 1.27 bits per heavy atom. The number of benzene rings is 1. The number of carbonyl (C=O) groups is 1. The van der Waals surface area contributed by atoms with Crippen molar-refractivity contribution >= 4 is 11.6 Å². The van der Waals surface area contributed by atoms with Gasteiger partial charge in [-0.25, -0.2) is 0 Å². The molecule has 3 rings (SSSR count). The zero-order chi connectivity index (χ0) is 15.5. The minimum atomic E-state index is -0.396. The first-order valence-corrected chi connectivity index (χ1v) is 7.07. The summed E-state index contributed by atoms with van der Waals surface area (Å²) in [4.78, 5) is 26.6. The predicted octanol–water partition coefficient (Wildman–Crippen LogP) is 1.82. The van der Waals surface area contributed by atoms with E-state index in [4.69, 9.17) is 0 Å². The number of hydrogen-bond donors (Lipinski definition) is 1. The molecule has 2 aromatic rings. The van der Waals surface area contributed by atoms with Gasteiger partial charge in [0.05, 0.1) is 11.3 Å². The summed E-state index contributed by atoms with van der Waals surface area (Å²) in [6, 6.07) is 10.3. The van der Waals surface area contributed by atoms with Gasteiger partial charge in [-0.05, 0) is 36.1 Å². The molecular formula is C16H15N3O3. The van der Waals surface area contributed by atoms with Crippen LogP contribution in [-0.2, 0) is 24.1 Å². The van der Waals surface area contributed by atoms with E-state index in [-0.39, 0.29) is 24.1 Å². The lowest BCUT2D eigenvalue weighted by atomic mass is 10.1. The Balaban J connectivity index is 1.61. The van der Waals surface area contributed by atoms with Crippen LogP contribution in [0, 0.1) is 10.1 Å². The van der Waals surface area contributed by atoms with E-state index in [1.807, 2.05) is 18.2 Å². The van der Waals surface area contributed by atoms with Gasteiger partial charge in [-0.15, -0.1) is 0 Å². The summed E-state index contributed by atoms with van der Waals surface area (Å²) >= 11 is 0. The Kier molecular flexibility index (Phi) is 3.82. The molecule has 1 amide bonds. The van der Waals surface area contributed by atoms with E-state index >= 15 is 0 Å². The maximum Gasteiger partial charge on any atom is 0.269 e. The summed E-state index contributed by atoms with van der Waals surface area (Å²) in [5.41, 5.74) is 2.83. The van der Waals surface area contributed by atoms with Gasteiger partial charge < -0.3 is 5.32 Å². The van der Waals surface area contributed by atoms with Crippen molar-refractivity contribution in [2.45, 2.75) is 25.3 Å². The van der Waals surface area contributed by atoms with Crippen LogP contribution in [0.15, 0.2) is 42.6 Å². The van der Waals surface area contributed by atoms with Crippen LogP contribution in [0.25, 0.3) is 0 Å². The predicted molar refractivity (Wildman–Crippen MR) is 80.4 cm³/mol. The molecule has 1 aliphatic carbocycles. The number of nitrogens with zero attached hydrogens (tertiary/aromatic N) is 2. The lowest BCUT2D eigenvalue weighted by molar-refractivity contribution is -0.384. The standard InChI is InChI=1S/C16H15N3O3/c20-16(10-13-3-1-2-6-17-13)18-14-7-11-4-5-15(19(21)22)9-12(11)8-14/h1-6,9,14H,7-8,10H2,(H,18,20). The highest BCUT2D eigenvalue weighted by molar-refractivity contribution is 5.78. The van der Waals surface area contributed by atoms with Crippen molar-refractivity contribution in [1.82, 2.24) is 10.3 Å². The minimum absolute atomic E-state index is 0.00628. The van der Waals surface area contributed by atoms with Crippen LogP contribution in [0.4, 0.5) is 5.69 Å². The van der Waals surface area contributed by atoms with Gasteiger partial charge >= 0.3 is 0 Å². The zero-order valence-electron chi connectivity index (χ0n) is 11.9. The Labute approximate surface area is 127 Å². The third kappa shape index (κ3) is 3.11. The van der Waals surface area contributed by atoms with E-state index in [2.05, 4.69) is 10.3 Å². The summed E-state index contributed by atoms with van der Waals surface area (Å²) in [5, 5.41) is 13.8. The molecule has 1 heterocycles. The number of nitrogens with one attached hydrogen (secondary N) is 1. The normalized spacial score (nSPS) is 16.1. The second-order valence-corrected chi connectivity index (χ2v) is 5.38. The van der Waals surface area contributed by atoms with Gasteiger partial charge in [0.2, 0.25) is 5.91 Å². The number of aromatic nitrogens is 1. The third-order valence-electron chi connectivity index (χ3n) is 3.77. The number of carbonyl (C=O) groups excluding carboxylic acids is 1. The molecular weight excluding hydrogens is 282 g/mol. The molecule has 0 bridgehead atoms. The van der Waals surface area contributed by atoms with Crippen molar-refractivity contribution in [2.24, 2.45) is 0 Å². The number of nitro benzene ring substituents is 1. The molecule has 0 radical (unpaired) electrons. The number of amides is 1. The Morgan fingerprint density at radius 2 is 2.09 bits per heavy atom. The second kappa shape index (κ2) is 5.93. The number of fused-ring (bicyclic) bond motifs is 1. The van der Waals surface area contributed by atoms with Gasteiger partial charge in [-0.3, -0.25) is 19.9 Å². The molecule has 1 atom stereocenters. The summed E-state index contributed by atoms with van der Waals surface area (Å²) in [7, 11) is 0. The molecule has 0 fully saturated rings. The fourth-order valence-corrected chi connectivity index (χ4v) is 2.77. The molecule has 1 unspecified atom stereocenters. The van der Waals surface area contributed by atoms with Crippen molar-refractivity contribution in [3.63, 3.8) is 0 Å². The maximum atomic E-state index is 12.0. The molecule has 112 valence electrons. The zero-order valence-corrected chi connectivity index (χ0v) is 11.9. The molecule has 6 nitrogen and oxygen atoms in total. The number of hydrogen-bond acceptors (Lipinski definition) is 4. The largest absolute Gasteiger partial charge is 0.352 e. The van der Waals surface area contributed by atoms with Crippen LogP contribution in [0.5, 0.6) is 0 Å². The molecule has 0 saturated heterocycles. The van der Waals surface area contributed by atoms with Gasteiger partial charge in [-0.1, -0.05) is 12.1 Å². The van der Waals surface area contributed by atoms with Crippen LogP contribution in [0.2, 0.25) is 0 Å². The topological polar surface area (TPSA) is 85.1 Å². The molecule has 1 aromatic carbocycles. The number of pyridine rings is 1. The summed E-state index contributed by atoms with van der Waals surface area (Å²) in [6.45, 7) is 0. The SMILES string of the molecule is O=C(Cc1ccccn1)NC1Cc2ccc([N+](=O)[O-])cc2C1. The van der Waals surface area contributed by atoms with Crippen LogP contribution in [-0.4, -0.2) is 21.9 Å². The number of rotatable bonds is 4. The van der Waals surface area contributed by atoms with Crippen molar-refractivity contribution in [2.75, 3.05) is 0 Å². The monoisotopic (exact) mass is 297 g/mol. The first-order valence-electron chi connectivity index (χ1n) is 7.07. The van der Waals surface area contributed by atoms with E-state index < -0.39 is 4.92 Å². The molecule has 1 aromatic heterocycles. The Morgan fingerprint density at radius 3 is 2.82 bits per heavy atom. The maximum absolute atomic E-state index is 12.0.